The van der Waals surface area contributed by atoms with E-state index in [1.54, 1.807) is 37.1 Å². The van der Waals surface area contributed by atoms with Crippen molar-refractivity contribution in [3.63, 3.8) is 0 Å². The number of anilines is 1. The van der Waals surface area contributed by atoms with Crippen LogP contribution in [-0.4, -0.2) is 36.2 Å². The Hall–Kier alpha value is -1.62. The molecule has 1 unspecified atom stereocenters. The van der Waals surface area contributed by atoms with Crippen LogP contribution in [0.3, 0.4) is 0 Å². The highest BCUT2D eigenvalue weighted by Crippen LogP contribution is 2.25. The Morgan fingerprint density at radius 2 is 2.16 bits per heavy atom. The maximum Gasteiger partial charge on any atom is 0.325 e. The van der Waals surface area contributed by atoms with Crippen LogP contribution < -0.4 is 10.2 Å². The van der Waals surface area contributed by atoms with Crippen molar-refractivity contribution in [1.29, 1.82) is 0 Å². The van der Waals surface area contributed by atoms with Gasteiger partial charge in [-0.1, -0.05) is 12.1 Å². The summed E-state index contributed by atoms with van der Waals surface area (Å²) in [6, 6.07) is 6.65. The van der Waals surface area contributed by atoms with Crippen molar-refractivity contribution in [1.82, 2.24) is 5.32 Å². The summed E-state index contributed by atoms with van der Waals surface area (Å²) in [7, 11) is 1.70. The first-order chi connectivity index (χ1) is 8.92. The van der Waals surface area contributed by atoms with Gasteiger partial charge in [0.15, 0.2) is 0 Å². The van der Waals surface area contributed by atoms with Gasteiger partial charge in [0.25, 0.3) is 0 Å². The highest BCUT2D eigenvalue weighted by Gasteiger charge is 2.39. The molecule has 1 aromatic rings. The zero-order chi connectivity index (χ0) is 14.0. The Labute approximate surface area is 112 Å². The van der Waals surface area contributed by atoms with E-state index in [2.05, 4.69) is 5.32 Å². The van der Waals surface area contributed by atoms with Crippen LogP contribution in [0.5, 0.6) is 0 Å². The van der Waals surface area contributed by atoms with Gasteiger partial charge in [-0.15, -0.1) is 0 Å². The Morgan fingerprint density at radius 3 is 2.68 bits per heavy atom. The number of hydrogen-bond donors (Lipinski definition) is 2. The van der Waals surface area contributed by atoms with Crippen LogP contribution in [0.2, 0.25) is 0 Å². The number of benzene rings is 1. The first-order valence-corrected chi connectivity index (χ1v) is 6.39. The second-order valence-electron chi connectivity index (χ2n) is 5.36. The Bertz CT molecular complexity index is 476. The lowest BCUT2D eigenvalue weighted by Gasteiger charge is -2.32. The molecule has 0 aromatic heterocycles. The van der Waals surface area contributed by atoms with Gasteiger partial charge in [0.1, 0.15) is 11.4 Å². The molecule has 2 rings (SSSR count). The molecule has 1 saturated carbocycles. The third-order valence-electron chi connectivity index (χ3n) is 3.39. The third kappa shape index (κ3) is 3.23. The van der Waals surface area contributed by atoms with Crippen LogP contribution >= 0.6 is 0 Å². The highest BCUT2D eigenvalue weighted by molar-refractivity contribution is 5.79. The second-order valence-corrected chi connectivity index (χ2v) is 5.36. The van der Waals surface area contributed by atoms with E-state index in [4.69, 9.17) is 0 Å². The number of hydrogen-bond acceptors (Lipinski definition) is 3. The van der Waals surface area contributed by atoms with Crippen molar-refractivity contribution in [2.24, 2.45) is 0 Å². The van der Waals surface area contributed by atoms with E-state index in [1.165, 1.54) is 6.07 Å². The number of carboxylic acid groups (broad SMARTS) is 1. The maximum atomic E-state index is 13.7. The van der Waals surface area contributed by atoms with Crippen LogP contribution in [0.25, 0.3) is 0 Å². The van der Waals surface area contributed by atoms with Crippen molar-refractivity contribution >= 4 is 11.7 Å². The first kappa shape index (κ1) is 13.8. The molecule has 5 heteroatoms. The van der Waals surface area contributed by atoms with Gasteiger partial charge >= 0.3 is 5.97 Å². The predicted molar refractivity (Wildman–Crippen MR) is 71.9 cm³/mol. The molecule has 104 valence electrons. The molecule has 1 aliphatic carbocycles. The Morgan fingerprint density at radius 1 is 1.53 bits per heavy atom. The minimum Gasteiger partial charge on any atom is -0.480 e. The first-order valence-electron chi connectivity index (χ1n) is 6.39. The molecule has 19 heavy (non-hydrogen) atoms. The monoisotopic (exact) mass is 266 g/mol. The molecule has 0 aliphatic heterocycles. The molecule has 0 amide bonds. The van der Waals surface area contributed by atoms with Gasteiger partial charge in [-0.25, -0.2) is 4.39 Å². The quantitative estimate of drug-likeness (QED) is 0.825. The lowest BCUT2D eigenvalue weighted by Crippen LogP contribution is -2.57. The van der Waals surface area contributed by atoms with E-state index in [0.29, 0.717) is 5.69 Å². The summed E-state index contributed by atoms with van der Waals surface area (Å²) < 4.78 is 13.7. The topological polar surface area (TPSA) is 52.6 Å². The fourth-order valence-corrected chi connectivity index (χ4v) is 2.17. The van der Waals surface area contributed by atoms with Crippen LogP contribution in [0.1, 0.15) is 19.8 Å². The van der Waals surface area contributed by atoms with Crippen molar-refractivity contribution in [3.8, 4) is 0 Å². The zero-order valence-corrected chi connectivity index (χ0v) is 11.2. The minimum atomic E-state index is -1.07. The van der Waals surface area contributed by atoms with Crippen LogP contribution in [-0.2, 0) is 4.79 Å². The van der Waals surface area contributed by atoms with Crippen molar-refractivity contribution in [3.05, 3.63) is 30.1 Å². The fourth-order valence-electron chi connectivity index (χ4n) is 2.17. The van der Waals surface area contributed by atoms with Crippen molar-refractivity contribution in [2.75, 3.05) is 18.5 Å². The third-order valence-corrected chi connectivity index (χ3v) is 3.39. The number of rotatable bonds is 6. The smallest absolute Gasteiger partial charge is 0.325 e. The number of para-hydroxylation sites is 1. The Kier molecular flexibility index (Phi) is 3.75. The molecular formula is C14H19FN2O2. The summed E-state index contributed by atoms with van der Waals surface area (Å²) >= 11 is 0. The average Bonchev–Trinajstić information content (AvgIpc) is 3.12. The number of nitrogens with one attached hydrogen (secondary N) is 1. The molecule has 1 aliphatic rings. The number of halogens is 1. The second kappa shape index (κ2) is 5.17. The lowest BCUT2D eigenvalue weighted by molar-refractivity contribution is -0.143. The summed E-state index contributed by atoms with van der Waals surface area (Å²) in [4.78, 5) is 13.1. The molecule has 4 nitrogen and oxygen atoms in total. The van der Waals surface area contributed by atoms with E-state index in [-0.39, 0.29) is 18.4 Å². The highest BCUT2D eigenvalue weighted by atomic mass is 19.1. The lowest BCUT2D eigenvalue weighted by atomic mass is 10.0. The molecule has 1 atom stereocenters. The average molecular weight is 266 g/mol. The molecule has 0 heterocycles. The largest absolute Gasteiger partial charge is 0.480 e. The standard InChI is InChI=1S/C14H19FN2O2/c1-14(13(18)19,16-10-7-8-10)9-17(2)12-6-4-3-5-11(12)15/h3-6,10,16H,7-9H2,1-2H3,(H,18,19). The van der Waals surface area contributed by atoms with Gasteiger partial charge < -0.3 is 10.0 Å². The number of carboxylic acids is 1. The molecule has 0 spiro atoms. The molecule has 1 fully saturated rings. The summed E-state index contributed by atoms with van der Waals surface area (Å²) in [6.07, 6.45) is 2.01. The Balaban J connectivity index is 2.12. The molecule has 0 bridgehead atoms. The van der Waals surface area contributed by atoms with Crippen LogP contribution in [0.4, 0.5) is 10.1 Å². The van der Waals surface area contributed by atoms with Gasteiger partial charge in [-0.05, 0) is 31.9 Å². The number of likely N-dealkylation sites (N-methyl/N-ethyl adjacent to an activating group) is 1. The van der Waals surface area contributed by atoms with E-state index in [1.807, 2.05) is 0 Å². The van der Waals surface area contributed by atoms with Gasteiger partial charge in [-0.3, -0.25) is 10.1 Å². The van der Waals surface area contributed by atoms with Gasteiger partial charge in [0.05, 0.1) is 5.69 Å². The zero-order valence-electron chi connectivity index (χ0n) is 11.2. The number of aliphatic carboxylic acids is 1. The number of carbonyl (C=O) groups is 1. The predicted octanol–water partition coefficient (Wildman–Crippen LogP) is 1.86. The molecular weight excluding hydrogens is 247 g/mol. The summed E-state index contributed by atoms with van der Waals surface area (Å²) in [5, 5.41) is 12.5. The van der Waals surface area contributed by atoms with Gasteiger partial charge in [0, 0.05) is 19.6 Å². The van der Waals surface area contributed by atoms with Crippen molar-refractivity contribution in [2.45, 2.75) is 31.3 Å². The SMILES string of the molecule is CN(CC(C)(NC1CC1)C(=O)O)c1ccccc1F. The fraction of sp³-hybridized carbons (Fsp3) is 0.500. The van der Waals surface area contributed by atoms with E-state index < -0.39 is 11.5 Å². The van der Waals surface area contributed by atoms with Crippen LogP contribution in [0, 0.1) is 5.82 Å². The summed E-state index contributed by atoms with van der Waals surface area (Å²) in [5.74, 6) is -1.26. The van der Waals surface area contributed by atoms with E-state index in [9.17, 15) is 14.3 Å². The number of nitrogens with zero attached hydrogens (tertiary/aromatic N) is 1. The molecule has 1 aromatic carbocycles. The van der Waals surface area contributed by atoms with Gasteiger partial charge in [-0.2, -0.15) is 0 Å². The summed E-state index contributed by atoms with van der Waals surface area (Å²) in [6.45, 7) is 1.85. The maximum absolute atomic E-state index is 13.7. The summed E-state index contributed by atoms with van der Waals surface area (Å²) in [5.41, 5.74) is -0.661. The molecule has 0 radical (unpaired) electrons. The van der Waals surface area contributed by atoms with Gasteiger partial charge in [0.2, 0.25) is 0 Å². The van der Waals surface area contributed by atoms with Crippen molar-refractivity contribution < 1.29 is 14.3 Å². The normalized spacial score (nSPS) is 17.8. The minimum absolute atomic E-state index is 0.208. The van der Waals surface area contributed by atoms with E-state index in [0.717, 1.165) is 12.8 Å². The molecule has 2 N–H and O–H groups in total. The van der Waals surface area contributed by atoms with E-state index >= 15 is 0 Å². The van der Waals surface area contributed by atoms with Crippen LogP contribution in [0.15, 0.2) is 24.3 Å². The molecule has 0 saturated heterocycles.